The Hall–Kier alpha value is -1.14. The van der Waals surface area contributed by atoms with Crippen molar-refractivity contribution in [3.8, 4) is 0 Å². The fraction of sp³-hybridized carbons (Fsp3) is 0.429. The summed E-state index contributed by atoms with van der Waals surface area (Å²) in [6.07, 6.45) is 0. The molecule has 0 aliphatic rings. The number of hydrogen-bond donors (Lipinski definition) is 1. The van der Waals surface area contributed by atoms with E-state index in [1.165, 1.54) is 10.5 Å². The average molecular weight is 308 g/mol. The van der Waals surface area contributed by atoms with Crippen molar-refractivity contribution in [3.63, 3.8) is 0 Å². The predicted octanol–water partition coefficient (Wildman–Crippen LogP) is 3.63. The molecular weight excluding hydrogens is 288 g/mol. The van der Waals surface area contributed by atoms with Gasteiger partial charge in [-0.05, 0) is 32.9 Å². The lowest BCUT2D eigenvalue weighted by molar-refractivity contribution is 0.557. The van der Waals surface area contributed by atoms with Crippen LogP contribution in [0.5, 0.6) is 0 Å². The van der Waals surface area contributed by atoms with Crippen molar-refractivity contribution in [1.29, 1.82) is 0 Å². The molecule has 0 saturated heterocycles. The molecule has 1 aromatic carbocycles. The first kappa shape index (κ1) is 15.3. The number of hydrogen-bond acceptors (Lipinski definition) is 5. The van der Waals surface area contributed by atoms with E-state index >= 15 is 0 Å². The molecule has 2 aromatic rings. The Labute approximate surface area is 128 Å². The van der Waals surface area contributed by atoms with E-state index in [2.05, 4.69) is 55.2 Å². The van der Waals surface area contributed by atoms with Crippen molar-refractivity contribution in [3.05, 3.63) is 29.8 Å². The molecule has 2 N–H and O–H groups in total. The number of rotatable bonds is 6. The first-order chi connectivity index (χ1) is 9.58. The molecule has 0 bridgehead atoms. The SMILES string of the molecule is Cc1ccc(SCCSc2nnc(N)n2C(C)C)cc1. The summed E-state index contributed by atoms with van der Waals surface area (Å²) in [5.74, 6) is 2.52. The molecule has 0 spiro atoms. The van der Waals surface area contributed by atoms with Gasteiger partial charge in [-0.15, -0.1) is 22.0 Å². The zero-order chi connectivity index (χ0) is 14.5. The minimum atomic E-state index is 0.289. The van der Waals surface area contributed by atoms with Crippen LogP contribution < -0.4 is 5.73 Å². The largest absolute Gasteiger partial charge is 0.368 e. The van der Waals surface area contributed by atoms with Crippen LogP contribution in [0.25, 0.3) is 0 Å². The standard InChI is InChI=1S/C14H20N4S2/c1-10(2)18-13(15)16-17-14(18)20-9-8-19-12-6-4-11(3)5-7-12/h4-7,10H,8-9H2,1-3H3,(H2,15,16). The third-order valence-electron chi connectivity index (χ3n) is 2.81. The van der Waals surface area contributed by atoms with Gasteiger partial charge in [0.1, 0.15) is 0 Å². The Kier molecular flexibility index (Phi) is 5.37. The smallest absolute Gasteiger partial charge is 0.222 e. The van der Waals surface area contributed by atoms with Crippen LogP contribution >= 0.6 is 23.5 Å². The normalized spacial score (nSPS) is 11.2. The molecule has 0 saturated carbocycles. The molecule has 0 aliphatic carbocycles. The molecule has 0 aliphatic heterocycles. The van der Waals surface area contributed by atoms with Gasteiger partial charge >= 0.3 is 0 Å². The third-order valence-corrected chi connectivity index (χ3v) is 5.03. The number of nitrogens with two attached hydrogens (primary N) is 1. The Bertz CT molecular complexity index is 549. The lowest BCUT2D eigenvalue weighted by Crippen LogP contribution is -2.07. The molecule has 0 radical (unpaired) electrons. The Morgan fingerprint density at radius 1 is 1.10 bits per heavy atom. The lowest BCUT2D eigenvalue weighted by atomic mass is 10.2. The molecular formula is C14H20N4S2. The molecule has 6 heteroatoms. The minimum absolute atomic E-state index is 0.289. The van der Waals surface area contributed by atoms with Gasteiger partial charge < -0.3 is 5.73 Å². The van der Waals surface area contributed by atoms with Crippen LogP contribution in [0.15, 0.2) is 34.3 Å². The van der Waals surface area contributed by atoms with Gasteiger partial charge in [0.15, 0.2) is 5.16 Å². The summed E-state index contributed by atoms with van der Waals surface area (Å²) in [4.78, 5) is 1.31. The van der Waals surface area contributed by atoms with E-state index < -0.39 is 0 Å². The molecule has 108 valence electrons. The zero-order valence-electron chi connectivity index (χ0n) is 12.0. The molecule has 0 unspecified atom stereocenters. The molecule has 2 rings (SSSR count). The molecule has 0 atom stereocenters. The molecule has 20 heavy (non-hydrogen) atoms. The van der Waals surface area contributed by atoms with E-state index in [0.29, 0.717) is 5.95 Å². The van der Waals surface area contributed by atoms with Crippen molar-refractivity contribution in [2.24, 2.45) is 0 Å². The molecule has 0 fully saturated rings. The van der Waals surface area contributed by atoms with Crippen LogP contribution in [-0.4, -0.2) is 26.3 Å². The topological polar surface area (TPSA) is 56.7 Å². The summed E-state index contributed by atoms with van der Waals surface area (Å²) in [6.45, 7) is 6.28. The van der Waals surface area contributed by atoms with Crippen molar-refractivity contribution >= 4 is 29.5 Å². The average Bonchev–Trinajstić information content (AvgIpc) is 2.78. The van der Waals surface area contributed by atoms with E-state index in [4.69, 9.17) is 5.73 Å². The number of nitrogen functional groups attached to an aromatic ring is 1. The van der Waals surface area contributed by atoms with Gasteiger partial charge in [0.25, 0.3) is 0 Å². The third kappa shape index (κ3) is 3.93. The van der Waals surface area contributed by atoms with E-state index in [1.807, 2.05) is 16.3 Å². The van der Waals surface area contributed by atoms with Gasteiger partial charge in [-0.25, -0.2) is 0 Å². The van der Waals surface area contributed by atoms with Crippen LogP contribution in [0.1, 0.15) is 25.5 Å². The molecule has 1 heterocycles. The lowest BCUT2D eigenvalue weighted by Gasteiger charge is -2.11. The van der Waals surface area contributed by atoms with Crippen LogP contribution in [-0.2, 0) is 0 Å². The highest BCUT2D eigenvalue weighted by molar-refractivity contribution is 8.02. The van der Waals surface area contributed by atoms with Gasteiger partial charge in [-0.2, -0.15) is 0 Å². The highest BCUT2D eigenvalue weighted by atomic mass is 32.2. The summed E-state index contributed by atoms with van der Waals surface area (Å²) in [7, 11) is 0. The summed E-state index contributed by atoms with van der Waals surface area (Å²) in [6, 6.07) is 8.91. The van der Waals surface area contributed by atoms with E-state index in [1.54, 1.807) is 11.8 Å². The van der Waals surface area contributed by atoms with Crippen LogP contribution in [0.2, 0.25) is 0 Å². The van der Waals surface area contributed by atoms with Crippen LogP contribution in [0, 0.1) is 6.92 Å². The Balaban J connectivity index is 1.83. The van der Waals surface area contributed by atoms with Crippen molar-refractivity contribution < 1.29 is 0 Å². The van der Waals surface area contributed by atoms with Gasteiger partial charge in [0.05, 0.1) is 0 Å². The minimum Gasteiger partial charge on any atom is -0.368 e. The molecule has 0 amide bonds. The number of thioether (sulfide) groups is 2. The molecule has 1 aromatic heterocycles. The summed E-state index contributed by atoms with van der Waals surface area (Å²) < 4.78 is 1.97. The second-order valence-electron chi connectivity index (χ2n) is 4.81. The summed E-state index contributed by atoms with van der Waals surface area (Å²) >= 11 is 3.57. The van der Waals surface area contributed by atoms with Gasteiger partial charge in [-0.1, -0.05) is 29.5 Å². The molecule has 4 nitrogen and oxygen atoms in total. The first-order valence-corrected chi connectivity index (χ1v) is 8.57. The second kappa shape index (κ2) is 7.04. The van der Waals surface area contributed by atoms with Gasteiger partial charge in [0, 0.05) is 22.4 Å². The maximum absolute atomic E-state index is 5.82. The number of nitrogens with zero attached hydrogens (tertiary/aromatic N) is 3. The highest BCUT2D eigenvalue weighted by Gasteiger charge is 2.12. The maximum Gasteiger partial charge on any atom is 0.222 e. The number of benzene rings is 1. The maximum atomic E-state index is 5.82. The highest BCUT2D eigenvalue weighted by Crippen LogP contribution is 2.25. The van der Waals surface area contributed by atoms with E-state index in [9.17, 15) is 0 Å². The zero-order valence-corrected chi connectivity index (χ0v) is 13.7. The number of aryl methyl sites for hydroxylation is 1. The first-order valence-electron chi connectivity index (χ1n) is 6.60. The van der Waals surface area contributed by atoms with E-state index in [0.717, 1.165) is 16.7 Å². The van der Waals surface area contributed by atoms with Crippen LogP contribution in [0.3, 0.4) is 0 Å². The van der Waals surface area contributed by atoms with Crippen molar-refractivity contribution in [2.45, 2.75) is 36.9 Å². The summed E-state index contributed by atoms with van der Waals surface area (Å²) in [5.41, 5.74) is 7.12. The van der Waals surface area contributed by atoms with Crippen molar-refractivity contribution in [1.82, 2.24) is 14.8 Å². The Morgan fingerprint density at radius 2 is 1.75 bits per heavy atom. The number of anilines is 1. The van der Waals surface area contributed by atoms with Gasteiger partial charge in [0.2, 0.25) is 5.95 Å². The van der Waals surface area contributed by atoms with Gasteiger partial charge in [-0.3, -0.25) is 4.57 Å². The van der Waals surface area contributed by atoms with E-state index in [-0.39, 0.29) is 6.04 Å². The summed E-state index contributed by atoms with van der Waals surface area (Å²) in [5, 5.41) is 8.99. The predicted molar refractivity (Wildman–Crippen MR) is 87.4 cm³/mol. The quantitative estimate of drug-likeness (QED) is 0.652. The fourth-order valence-electron chi connectivity index (χ4n) is 1.80. The Morgan fingerprint density at radius 3 is 2.40 bits per heavy atom. The fourth-order valence-corrected chi connectivity index (χ4v) is 3.75. The second-order valence-corrected chi connectivity index (χ2v) is 7.04. The number of aromatic nitrogens is 3. The monoisotopic (exact) mass is 308 g/mol. The van der Waals surface area contributed by atoms with Crippen molar-refractivity contribution in [2.75, 3.05) is 17.2 Å². The van der Waals surface area contributed by atoms with Crippen LogP contribution in [0.4, 0.5) is 5.95 Å².